The Hall–Kier alpha value is -1.62. The van der Waals surface area contributed by atoms with Crippen LogP contribution in [0.25, 0.3) is 0 Å². The number of nitrogens with zero attached hydrogens (tertiary/aromatic N) is 1. The second kappa shape index (κ2) is 5.78. The van der Waals surface area contributed by atoms with Crippen molar-refractivity contribution in [1.29, 1.82) is 0 Å². The van der Waals surface area contributed by atoms with Crippen LogP contribution in [0.15, 0.2) is 18.2 Å². The van der Waals surface area contributed by atoms with Gasteiger partial charge < -0.3 is 15.0 Å². The van der Waals surface area contributed by atoms with Crippen molar-refractivity contribution >= 4 is 6.09 Å². The zero-order chi connectivity index (χ0) is 16.8. The maximum Gasteiger partial charge on any atom is 0.410 e. The van der Waals surface area contributed by atoms with E-state index in [-0.39, 0.29) is 11.9 Å². The Kier molecular flexibility index (Phi) is 4.08. The second-order valence-electron chi connectivity index (χ2n) is 7.70. The molecule has 1 saturated carbocycles. The molecule has 1 aromatic rings. The predicted molar refractivity (Wildman–Crippen MR) is 86.6 cm³/mol. The lowest BCUT2D eigenvalue weighted by atomic mass is 10.1. The molecule has 3 rings (SSSR count). The first kappa shape index (κ1) is 16.2. The van der Waals surface area contributed by atoms with E-state index in [1.54, 1.807) is 17.9 Å². The van der Waals surface area contributed by atoms with Crippen molar-refractivity contribution < 1.29 is 13.9 Å². The van der Waals surface area contributed by atoms with Crippen LogP contribution in [0.1, 0.15) is 31.9 Å². The molecule has 1 amide bonds. The molecule has 4 nitrogen and oxygen atoms in total. The van der Waals surface area contributed by atoms with Crippen molar-refractivity contribution in [1.82, 2.24) is 10.2 Å². The van der Waals surface area contributed by atoms with Crippen molar-refractivity contribution in [3.05, 3.63) is 35.1 Å². The Morgan fingerprint density at radius 3 is 2.57 bits per heavy atom. The van der Waals surface area contributed by atoms with Crippen LogP contribution in [0, 0.1) is 24.6 Å². The van der Waals surface area contributed by atoms with Gasteiger partial charge in [-0.3, -0.25) is 0 Å². The number of carbonyl (C=O) groups is 1. The van der Waals surface area contributed by atoms with Crippen LogP contribution in [0.3, 0.4) is 0 Å². The normalized spacial score (nSPS) is 26.1. The van der Waals surface area contributed by atoms with Gasteiger partial charge in [-0.05, 0) is 56.7 Å². The van der Waals surface area contributed by atoms with Crippen molar-refractivity contribution in [3.8, 4) is 0 Å². The fraction of sp³-hybridized carbons (Fsp3) is 0.611. The summed E-state index contributed by atoms with van der Waals surface area (Å²) < 4.78 is 18.9. The highest BCUT2D eigenvalue weighted by Crippen LogP contribution is 2.45. The molecular formula is C18H25FN2O2. The molecule has 1 heterocycles. The molecule has 2 fully saturated rings. The number of hydrogen-bond donors (Lipinski definition) is 1. The van der Waals surface area contributed by atoms with Gasteiger partial charge >= 0.3 is 6.09 Å². The fourth-order valence-electron chi connectivity index (χ4n) is 3.29. The largest absolute Gasteiger partial charge is 0.444 e. The molecule has 0 aromatic heterocycles. The molecule has 1 aromatic carbocycles. The van der Waals surface area contributed by atoms with Gasteiger partial charge in [-0.2, -0.15) is 0 Å². The SMILES string of the molecule is Cc1ccc(CNC2C3CN(C(=O)OC(C)(C)C)CC32)cc1F. The number of aryl methyl sites for hydroxylation is 1. The number of benzene rings is 1. The Labute approximate surface area is 137 Å². The molecule has 5 heteroatoms. The Morgan fingerprint density at radius 2 is 2.00 bits per heavy atom. The minimum atomic E-state index is -0.447. The van der Waals surface area contributed by atoms with Crippen molar-refractivity contribution in [2.24, 2.45) is 11.8 Å². The van der Waals surface area contributed by atoms with Gasteiger partial charge in [0.05, 0.1) is 0 Å². The third-order valence-corrected chi connectivity index (χ3v) is 4.62. The zero-order valence-electron chi connectivity index (χ0n) is 14.2. The number of ether oxygens (including phenoxy) is 1. The van der Waals surface area contributed by atoms with Crippen molar-refractivity contribution in [2.75, 3.05) is 13.1 Å². The number of likely N-dealkylation sites (tertiary alicyclic amines) is 1. The molecule has 126 valence electrons. The zero-order valence-corrected chi connectivity index (χ0v) is 14.2. The molecule has 2 unspecified atom stereocenters. The van der Waals surface area contributed by atoms with Gasteiger partial charge in [0.25, 0.3) is 0 Å². The van der Waals surface area contributed by atoms with Gasteiger partial charge in [0.1, 0.15) is 11.4 Å². The monoisotopic (exact) mass is 320 g/mol. The van der Waals surface area contributed by atoms with Crippen LogP contribution < -0.4 is 5.32 Å². The first-order chi connectivity index (χ1) is 10.7. The summed E-state index contributed by atoms with van der Waals surface area (Å²) in [6, 6.07) is 5.78. The molecule has 0 radical (unpaired) electrons. The van der Waals surface area contributed by atoms with Crippen LogP contribution in [-0.2, 0) is 11.3 Å². The number of rotatable bonds is 3. The average molecular weight is 320 g/mol. The van der Waals surface area contributed by atoms with Crippen LogP contribution in [0.5, 0.6) is 0 Å². The number of fused-ring (bicyclic) bond motifs is 1. The number of carbonyl (C=O) groups excluding carboxylic acids is 1. The summed E-state index contributed by atoms with van der Waals surface area (Å²) in [4.78, 5) is 13.8. The van der Waals surface area contributed by atoms with Gasteiger partial charge in [0.2, 0.25) is 0 Å². The van der Waals surface area contributed by atoms with Crippen LogP contribution in [0.4, 0.5) is 9.18 Å². The van der Waals surface area contributed by atoms with Gasteiger partial charge in [-0.25, -0.2) is 9.18 Å². The van der Waals surface area contributed by atoms with E-state index in [4.69, 9.17) is 4.74 Å². The van der Waals surface area contributed by atoms with Crippen LogP contribution in [0.2, 0.25) is 0 Å². The number of hydrogen-bond acceptors (Lipinski definition) is 3. The van der Waals surface area contributed by atoms with Crippen molar-refractivity contribution in [3.63, 3.8) is 0 Å². The van der Waals surface area contributed by atoms with E-state index < -0.39 is 5.60 Å². The van der Waals surface area contributed by atoms with Gasteiger partial charge in [0, 0.05) is 25.7 Å². The van der Waals surface area contributed by atoms with Gasteiger partial charge in [-0.1, -0.05) is 12.1 Å². The van der Waals surface area contributed by atoms with Crippen molar-refractivity contribution in [2.45, 2.75) is 45.9 Å². The average Bonchev–Trinajstić information content (AvgIpc) is 2.89. The molecule has 2 aliphatic rings. The van der Waals surface area contributed by atoms with Gasteiger partial charge in [0.15, 0.2) is 0 Å². The summed E-state index contributed by atoms with van der Waals surface area (Å²) in [7, 11) is 0. The molecule has 1 aliphatic heterocycles. The summed E-state index contributed by atoms with van der Waals surface area (Å²) in [6.45, 7) is 9.58. The summed E-state index contributed by atoms with van der Waals surface area (Å²) in [5.41, 5.74) is 1.18. The minimum absolute atomic E-state index is 0.156. The van der Waals surface area contributed by atoms with E-state index in [1.165, 1.54) is 0 Å². The van der Waals surface area contributed by atoms with Gasteiger partial charge in [-0.15, -0.1) is 0 Å². The number of piperidine rings is 1. The molecule has 1 aliphatic carbocycles. The maximum absolute atomic E-state index is 13.5. The number of halogens is 1. The van der Waals surface area contributed by atoms with E-state index in [2.05, 4.69) is 5.32 Å². The first-order valence-electron chi connectivity index (χ1n) is 8.21. The Bertz CT molecular complexity index is 600. The highest BCUT2D eigenvalue weighted by molar-refractivity contribution is 5.69. The molecule has 0 spiro atoms. The summed E-state index contributed by atoms with van der Waals surface area (Å²) in [5, 5.41) is 3.48. The molecule has 23 heavy (non-hydrogen) atoms. The van der Waals surface area contributed by atoms with E-state index in [0.29, 0.717) is 30.0 Å². The predicted octanol–water partition coefficient (Wildman–Crippen LogP) is 3.09. The third kappa shape index (κ3) is 3.66. The highest BCUT2D eigenvalue weighted by atomic mass is 19.1. The smallest absolute Gasteiger partial charge is 0.410 e. The summed E-state index contributed by atoms with van der Waals surface area (Å²) >= 11 is 0. The highest BCUT2D eigenvalue weighted by Gasteiger charge is 2.56. The second-order valence-corrected chi connectivity index (χ2v) is 7.70. The lowest BCUT2D eigenvalue weighted by molar-refractivity contribution is 0.0269. The topological polar surface area (TPSA) is 41.6 Å². The molecular weight excluding hydrogens is 295 g/mol. The van der Waals surface area contributed by atoms with E-state index in [0.717, 1.165) is 18.7 Å². The molecule has 1 saturated heterocycles. The summed E-state index contributed by atoms with van der Waals surface area (Å²) in [5.74, 6) is 0.840. The Morgan fingerprint density at radius 1 is 1.35 bits per heavy atom. The van der Waals surface area contributed by atoms with E-state index >= 15 is 0 Å². The number of amides is 1. The third-order valence-electron chi connectivity index (χ3n) is 4.62. The molecule has 0 bridgehead atoms. The lowest BCUT2D eigenvalue weighted by Crippen LogP contribution is -2.39. The standard InChI is InChI=1S/C18H25FN2O2/c1-11-5-6-12(7-15(11)19)8-20-16-13-9-21(10-14(13)16)17(22)23-18(2,3)4/h5-7,13-14,16,20H,8-10H2,1-4H3. The fourth-order valence-corrected chi connectivity index (χ4v) is 3.29. The Balaban J connectivity index is 1.45. The molecule has 2 atom stereocenters. The summed E-state index contributed by atoms with van der Waals surface area (Å²) in [6.07, 6.45) is -0.218. The minimum Gasteiger partial charge on any atom is -0.444 e. The molecule has 1 N–H and O–H groups in total. The maximum atomic E-state index is 13.5. The lowest BCUT2D eigenvalue weighted by Gasteiger charge is -2.26. The number of nitrogens with one attached hydrogen (secondary N) is 1. The van der Waals surface area contributed by atoms with E-state index in [1.807, 2.05) is 32.9 Å². The van der Waals surface area contributed by atoms with E-state index in [9.17, 15) is 9.18 Å². The first-order valence-corrected chi connectivity index (χ1v) is 8.21. The van der Waals surface area contributed by atoms with Crippen LogP contribution in [-0.4, -0.2) is 35.7 Å². The quantitative estimate of drug-likeness (QED) is 0.930. The van der Waals surface area contributed by atoms with Crippen LogP contribution >= 0.6 is 0 Å².